The normalized spacial score (nSPS) is 12.9. The average Bonchev–Trinajstić information content (AvgIpc) is 2.12. The van der Waals surface area contributed by atoms with Crippen LogP contribution >= 0.6 is 27.5 Å². The van der Waals surface area contributed by atoms with Crippen molar-refractivity contribution in [2.75, 3.05) is 0 Å². The van der Waals surface area contributed by atoms with Crippen molar-refractivity contribution in [3.05, 3.63) is 33.3 Å². The predicted octanol–water partition coefficient (Wildman–Crippen LogP) is 5.78. The number of hydrogen-bond acceptors (Lipinski definition) is 0. The molecule has 1 rings (SSSR count). The van der Waals surface area contributed by atoms with E-state index in [2.05, 4.69) is 69.6 Å². The molecule has 0 nitrogen and oxygen atoms in total. The molecule has 0 heterocycles. The lowest BCUT2D eigenvalue weighted by atomic mass is 9.79. The third-order valence-corrected chi connectivity index (χ3v) is 3.85. The highest BCUT2D eigenvalue weighted by Crippen LogP contribution is 2.37. The van der Waals surface area contributed by atoms with Gasteiger partial charge >= 0.3 is 0 Å². The summed E-state index contributed by atoms with van der Waals surface area (Å²) in [4.78, 5) is 0. The molecule has 0 saturated heterocycles. The van der Waals surface area contributed by atoms with Crippen LogP contribution in [0.2, 0.25) is 0 Å². The van der Waals surface area contributed by atoms with Crippen LogP contribution in [0.25, 0.3) is 0 Å². The third kappa shape index (κ3) is 3.48. The van der Waals surface area contributed by atoms with Gasteiger partial charge in [0.2, 0.25) is 0 Å². The van der Waals surface area contributed by atoms with Crippen LogP contribution in [0.4, 0.5) is 0 Å². The van der Waals surface area contributed by atoms with Gasteiger partial charge in [0.05, 0.1) is 0 Å². The number of rotatable bonds is 1. The first-order chi connectivity index (χ1) is 7.57. The summed E-state index contributed by atoms with van der Waals surface area (Å²) in [6.45, 7) is 13.3. The fourth-order valence-corrected chi connectivity index (χ4v) is 3.35. The van der Waals surface area contributed by atoms with Gasteiger partial charge in [-0.05, 0) is 33.6 Å². The molecular formula is C15H22BrCl. The average molecular weight is 318 g/mol. The second-order valence-electron chi connectivity index (χ2n) is 6.63. The number of alkyl halides is 1. The zero-order valence-electron chi connectivity index (χ0n) is 11.6. The quantitative estimate of drug-likeness (QED) is 0.576. The molecule has 96 valence electrons. The Kier molecular flexibility index (Phi) is 4.37. The van der Waals surface area contributed by atoms with Gasteiger partial charge in [-0.25, -0.2) is 0 Å². The van der Waals surface area contributed by atoms with E-state index in [1.54, 1.807) is 0 Å². The van der Waals surface area contributed by atoms with Crippen molar-refractivity contribution in [3.63, 3.8) is 0 Å². The van der Waals surface area contributed by atoms with Crippen molar-refractivity contribution in [2.45, 2.75) is 58.3 Å². The second kappa shape index (κ2) is 4.93. The molecule has 0 unspecified atom stereocenters. The lowest BCUT2D eigenvalue weighted by Crippen LogP contribution is -2.18. The molecule has 0 N–H and O–H groups in total. The van der Waals surface area contributed by atoms with Crippen molar-refractivity contribution < 1.29 is 0 Å². The molecule has 0 bridgehead atoms. The largest absolute Gasteiger partial charge is 0.122 e. The summed E-state index contributed by atoms with van der Waals surface area (Å²) in [7, 11) is 0. The van der Waals surface area contributed by atoms with Crippen molar-refractivity contribution in [1.82, 2.24) is 0 Å². The molecule has 0 saturated carbocycles. The topological polar surface area (TPSA) is 0 Å². The van der Waals surface area contributed by atoms with Gasteiger partial charge in [0.25, 0.3) is 0 Å². The van der Waals surface area contributed by atoms with E-state index in [9.17, 15) is 0 Å². The summed E-state index contributed by atoms with van der Waals surface area (Å²) in [6.07, 6.45) is 0. The maximum Gasteiger partial charge on any atom is 0.0477 e. The molecular weight excluding hydrogens is 296 g/mol. The zero-order valence-corrected chi connectivity index (χ0v) is 14.0. The van der Waals surface area contributed by atoms with Crippen LogP contribution in [-0.4, -0.2) is 0 Å². The standard InChI is InChI=1S/C15H22BrCl/c1-14(2,3)11-7-10(9-17)13(12(16)8-11)15(4,5)6/h7-8H,9H2,1-6H3. The summed E-state index contributed by atoms with van der Waals surface area (Å²) >= 11 is 9.82. The Labute approximate surface area is 119 Å². The molecule has 0 fully saturated rings. The summed E-state index contributed by atoms with van der Waals surface area (Å²) in [5.41, 5.74) is 4.14. The molecule has 0 aromatic heterocycles. The molecule has 17 heavy (non-hydrogen) atoms. The van der Waals surface area contributed by atoms with Crippen LogP contribution in [0.5, 0.6) is 0 Å². The number of hydrogen-bond donors (Lipinski definition) is 0. The molecule has 0 aliphatic heterocycles. The summed E-state index contributed by atoms with van der Waals surface area (Å²) in [5, 5.41) is 0. The minimum absolute atomic E-state index is 0.111. The van der Waals surface area contributed by atoms with Gasteiger partial charge in [-0.3, -0.25) is 0 Å². The molecule has 0 amide bonds. The molecule has 1 aromatic rings. The van der Waals surface area contributed by atoms with Crippen LogP contribution in [0.1, 0.15) is 58.2 Å². The van der Waals surface area contributed by atoms with Crippen molar-refractivity contribution in [3.8, 4) is 0 Å². The van der Waals surface area contributed by atoms with E-state index in [1.807, 2.05) is 0 Å². The van der Waals surface area contributed by atoms with Crippen molar-refractivity contribution >= 4 is 27.5 Å². The first-order valence-corrected chi connectivity index (χ1v) is 7.29. The lowest BCUT2D eigenvalue weighted by Gasteiger charge is -2.28. The van der Waals surface area contributed by atoms with Gasteiger partial charge in [-0.15, -0.1) is 11.6 Å². The Morgan fingerprint density at radius 2 is 1.53 bits per heavy atom. The van der Waals surface area contributed by atoms with Gasteiger partial charge in [-0.2, -0.15) is 0 Å². The fraction of sp³-hybridized carbons (Fsp3) is 0.600. The van der Waals surface area contributed by atoms with E-state index in [0.29, 0.717) is 5.88 Å². The maximum atomic E-state index is 6.11. The van der Waals surface area contributed by atoms with Crippen LogP contribution < -0.4 is 0 Å². The van der Waals surface area contributed by atoms with E-state index in [0.717, 1.165) is 0 Å². The van der Waals surface area contributed by atoms with E-state index >= 15 is 0 Å². The second-order valence-corrected chi connectivity index (χ2v) is 7.75. The summed E-state index contributed by atoms with van der Waals surface area (Å²) < 4.78 is 1.17. The number of benzene rings is 1. The molecule has 0 aliphatic carbocycles. The highest BCUT2D eigenvalue weighted by atomic mass is 79.9. The summed E-state index contributed by atoms with van der Waals surface area (Å²) in [5.74, 6) is 0.565. The minimum Gasteiger partial charge on any atom is -0.122 e. The van der Waals surface area contributed by atoms with Crippen molar-refractivity contribution in [2.24, 2.45) is 0 Å². The van der Waals surface area contributed by atoms with E-state index in [1.165, 1.54) is 21.2 Å². The Hall–Kier alpha value is -0.0100. The molecule has 0 radical (unpaired) electrons. The van der Waals surface area contributed by atoms with Gasteiger partial charge in [0.1, 0.15) is 0 Å². The molecule has 1 aromatic carbocycles. The van der Waals surface area contributed by atoms with Crippen LogP contribution in [0.3, 0.4) is 0 Å². The monoisotopic (exact) mass is 316 g/mol. The van der Waals surface area contributed by atoms with Crippen molar-refractivity contribution in [1.29, 1.82) is 0 Å². The van der Waals surface area contributed by atoms with Crippen LogP contribution in [-0.2, 0) is 16.7 Å². The van der Waals surface area contributed by atoms with Crippen LogP contribution in [0, 0.1) is 0 Å². The predicted molar refractivity (Wildman–Crippen MR) is 81.1 cm³/mol. The maximum absolute atomic E-state index is 6.11. The number of halogens is 2. The molecule has 0 aliphatic rings. The Morgan fingerprint density at radius 1 is 1.00 bits per heavy atom. The third-order valence-electron chi connectivity index (χ3n) is 2.93. The fourth-order valence-electron chi connectivity index (χ4n) is 2.04. The van der Waals surface area contributed by atoms with Gasteiger partial charge in [0, 0.05) is 10.4 Å². The zero-order chi connectivity index (χ0) is 13.4. The van der Waals surface area contributed by atoms with E-state index in [-0.39, 0.29) is 10.8 Å². The first-order valence-electron chi connectivity index (χ1n) is 5.96. The first kappa shape index (κ1) is 15.0. The van der Waals surface area contributed by atoms with Gasteiger partial charge < -0.3 is 0 Å². The molecule has 2 heteroatoms. The summed E-state index contributed by atoms with van der Waals surface area (Å²) in [6, 6.07) is 4.48. The van der Waals surface area contributed by atoms with E-state index < -0.39 is 0 Å². The Bertz CT molecular complexity index is 408. The van der Waals surface area contributed by atoms with Gasteiger partial charge in [-0.1, -0.05) is 63.5 Å². The van der Waals surface area contributed by atoms with Crippen LogP contribution in [0.15, 0.2) is 16.6 Å². The molecule has 0 atom stereocenters. The molecule has 0 spiro atoms. The highest BCUT2D eigenvalue weighted by Gasteiger charge is 2.24. The van der Waals surface area contributed by atoms with E-state index in [4.69, 9.17) is 11.6 Å². The minimum atomic E-state index is 0.111. The smallest absolute Gasteiger partial charge is 0.0477 e. The lowest BCUT2D eigenvalue weighted by molar-refractivity contribution is 0.569. The van der Waals surface area contributed by atoms with Gasteiger partial charge in [0.15, 0.2) is 0 Å². The Morgan fingerprint density at radius 3 is 1.88 bits per heavy atom. The SMILES string of the molecule is CC(C)(C)c1cc(Br)c(C(C)(C)C)c(CCl)c1. The highest BCUT2D eigenvalue weighted by molar-refractivity contribution is 9.10. The Balaban J connectivity index is 3.47.